The molecular formula is C23H33NO2. The molecule has 3 heteroatoms. The van der Waals surface area contributed by atoms with Crippen molar-refractivity contribution in [2.45, 2.75) is 83.4 Å². The fourth-order valence-corrected chi connectivity index (χ4v) is 5.61. The van der Waals surface area contributed by atoms with Gasteiger partial charge < -0.3 is 4.74 Å². The van der Waals surface area contributed by atoms with Gasteiger partial charge in [-0.25, -0.2) is 0 Å². The standard InChI is InChI=1S/C23H33NO2/c1-16(2)19(20(25)26-21(3,4)5)24-13-9-12-18(24)23-14-22(23,15-23)17-10-7-6-8-11-17/h6-8,10-11,16,18-19H,9,12-15H2,1-5H3/t18-,19-,22?,23?/m0/s1. The molecule has 1 aromatic carbocycles. The molecule has 0 amide bonds. The number of rotatable bonds is 5. The SMILES string of the molecule is CC(C)[C@@H](C(=O)OC(C)(C)C)N1CCC[C@H]1C12CC1(c1ccccc1)C2. The molecule has 3 fully saturated rings. The molecule has 3 aliphatic rings. The first kappa shape index (κ1) is 18.0. The zero-order valence-electron chi connectivity index (χ0n) is 16.9. The molecule has 1 heterocycles. The Balaban J connectivity index is 1.55. The molecule has 1 saturated heterocycles. The van der Waals surface area contributed by atoms with Gasteiger partial charge in [-0.15, -0.1) is 0 Å². The van der Waals surface area contributed by atoms with Gasteiger partial charge in [0, 0.05) is 11.5 Å². The number of esters is 1. The van der Waals surface area contributed by atoms with Crippen LogP contribution in [0.15, 0.2) is 30.3 Å². The van der Waals surface area contributed by atoms with Gasteiger partial charge in [-0.3, -0.25) is 9.69 Å². The molecule has 26 heavy (non-hydrogen) atoms. The van der Waals surface area contributed by atoms with Crippen LogP contribution in [-0.2, 0) is 14.9 Å². The van der Waals surface area contributed by atoms with E-state index in [9.17, 15) is 4.79 Å². The van der Waals surface area contributed by atoms with Crippen LogP contribution in [0.2, 0.25) is 0 Å². The van der Waals surface area contributed by atoms with E-state index in [-0.39, 0.29) is 17.9 Å². The maximum atomic E-state index is 13.0. The highest BCUT2D eigenvalue weighted by atomic mass is 16.6. The zero-order chi connectivity index (χ0) is 18.7. The Bertz CT molecular complexity index is 682. The second-order valence-electron chi connectivity index (χ2n) is 10.1. The Hall–Kier alpha value is -1.35. The minimum atomic E-state index is -0.426. The molecule has 1 aliphatic heterocycles. The van der Waals surface area contributed by atoms with Crippen LogP contribution in [-0.4, -0.2) is 35.1 Å². The maximum absolute atomic E-state index is 13.0. The molecule has 0 radical (unpaired) electrons. The second-order valence-corrected chi connectivity index (χ2v) is 10.1. The first-order valence-electron chi connectivity index (χ1n) is 10.2. The fraction of sp³-hybridized carbons (Fsp3) is 0.696. The number of benzene rings is 1. The van der Waals surface area contributed by atoms with Crippen LogP contribution < -0.4 is 0 Å². The molecule has 0 N–H and O–H groups in total. The van der Waals surface area contributed by atoms with Crippen molar-refractivity contribution in [2.75, 3.05) is 6.54 Å². The van der Waals surface area contributed by atoms with Gasteiger partial charge in [0.1, 0.15) is 11.6 Å². The van der Waals surface area contributed by atoms with E-state index in [4.69, 9.17) is 4.74 Å². The van der Waals surface area contributed by atoms with Crippen LogP contribution >= 0.6 is 0 Å². The average Bonchev–Trinajstić information content (AvgIpc) is 3.29. The summed E-state index contributed by atoms with van der Waals surface area (Å²) >= 11 is 0. The molecule has 0 spiro atoms. The highest BCUT2D eigenvalue weighted by Crippen LogP contribution is 2.88. The van der Waals surface area contributed by atoms with Gasteiger partial charge in [-0.1, -0.05) is 44.2 Å². The Labute approximate surface area is 158 Å². The van der Waals surface area contributed by atoms with E-state index in [1.54, 1.807) is 0 Å². The first-order valence-corrected chi connectivity index (χ1v) is 10.2. The summed E-state index contributed by atoms with van der Waals surface area (Å²) in [5.74, 6) is 0.230. The number of carbonyl (C=O) groups excluding carboxylic acids is 1. The lowest BCUT2D eigenvalue weighted by Gasteiger charge is -2.37. The highest BCUT2D eigenvalue weighted by Gasteiger charge is 2.86. The first-order chi connectivity index (χ1) is 12.2. The zero-order valence-corrected chi connectivity index (χ0v) is 16.9. The molecular weight excluding hydrogens is 322 g/mol. The van der Waals surface area contributed by atoms with Crippen molar-refractivity contribution in [3.63, 3.8) is 0 Å². The van der Waals surface area contributed by atoms with Crippen molar-refractivity contribution >= 4 is 5.97 Å². The summed E-state index contributed by atoms with van der Waals surface area (Å²) < 4.78 is 5.80. The quantitative estimate of drug-likeness (QED) is 0.726. The maximum Gasteiger partial charge on any atom is 0.324 e. The third-order valence-corrected chi connectivity index (χ3v) is 6.83. The number of likely N-dealkylation sites (tertiary alicyclic amines) is 1. The van der Waals surface area contributed by atoms with E-state index in [2.05, 4.69) is 49.1 Å². The van der Waals surface area contributed by atoms with Crippen molar-refractivity contribution in [3.05, 3.63) is 35.9 Å². The molecule has 1 aromatic rings. The number of hydrogen-bond acceptors (Lipinski definition) is 3. The molecule has 3 nitrogen and oxygen atoms in total. The summed E-state index contributed by atoms with van der Waals surface area (Å²) in [5.41, 5.74) is 1.90. The summed E-state index contributed by atoms with van der Waals surface area (Å²) in [6, 6.07) is 11.4. The van der Waals surface area contributed by atoms with E-state index >= 15 is 0 Å². The Kier molecular flexibility index (Phi) is 4.04. The molecule has 0 aromatic heterocycles. The van der Waals surface area contributed by atoms with Crippen LogP contribution in [0.25, 0.3) is 0 Å². The Morgan fingerprint density at radius 2 is 1.85 bits per heavy atom. The normalized spacial score (nSPS) is 34.5. The Morgan fingerprint density at radius 3 is 2.42 bits per heavy atom. The van der Waals surface area contributed by atoms with Crippen LogP contribution in [0.5, 0.6) is 0 Å². The van der Waals surface area contributed by atoms with Crippen LogP contribution in [0.1, 0.15) is 65.9 Å². The van der Waals surface area contributed by atoms with Gasteiger partial charge in [0.25, 0.3) is 0 Å². The van der Waals surface area contributed by atoms with Crippen LogP contribution in [0.4, 0.5) is 0 Å². The van der Waals surface area contributed by atoms with Crippen molar-refractivity contribution in [1.29, 1.82) is 0 Å². The van der Waals surface area contributed by atoms with Crippen molar-refractivity contribution in [3.8, 4) is 0 Å². The average molecular weight is 356 g/mol. The topological polar surface area (TPSA) is 29.5 Å². The van der Waals surface area contributed by atoms with Crippen LogP contribution in [0.3, 0.4) is 0 Å². The van der Waals surface area contributed by atoms with Gasteiger partial charge in [0.15, 0.2) is 0 Å². The smallest absolute Gasteiger partial charge is 0.324 e. The monoisotopic (exact) mass is 355 g/mol. The number of carbonyl (C=O) groups is 1. The third-order valence-electron chi connectivity index (χ3n) is 6.83. The largest absolute Gasteiger partial charge is 0.459 e. The third kappa shape index (κ3) is 2.70. The molecule has 2 saturated carbocycles. The number of ether oxygens (including phenoxy) is 1. The summed E-state index contributed by atoms with van der Waals surface area (Å²) in [7, 11) is 0. The Morgan fingerprint density at radius 1 is 1.19 bits per heavy atom. The van der Waals surface area contributed by atoms with Crippen molar-refractivity contribution < 1.29 is 9.53 Å². The van der Waals surface area contributed by atoms with E-state index < -0.39 is 5.60 Å². The second kappa shape index (κ2) is 5.82. The van der Waals surface area contributed by atoms with Crippen LogP contribution in [0, 0.1) is 11.3 Å². The van der Waals surface area contributed by atoms with E-state index in [0.717, 1.165) is 6.54 Å². The molecule has 2 atom stereocenters. The minimum Gasteiger partial charge on any atom is -0.459 e. The number of nitrogens with zero attached hydrogens (tertiary/aromatic N) is 1. The summed E-state index contributed by atoms with van der Waals surface area (Å²) in [6.45, 7) is 11.2. The lowest BCUT2D eigenvalue weighted by atomic mass is 9.96. The minimum absolute atomic E-state index is 0.0394. The van der Waals surface area contributed by atoms with Crippen molar-refractivity contribution in [1.82, 2.24) is 4.90 Å². The van der Waals surface area contributed by atoms with E-state index in [1.807, 2.05) is 20.8 Å². The molecule has 4 rings (SSSR count). The van der Waals surface area contributed by atoms with E-state index in [1.165, 1.54) is 31.2 Å². The number of fused-ring (bicyclic) bond motifs is 1. The predicted octanol–water partition coefficient (Wildman–Crippen LogP) is 4.55. The summed E-state index contributed by atoms with van der Waals surface area (Å²) in [4.78, 5) is 15.5. The molecule has 0 bridgehead atoms. The highest BCUT2D eigenvalue weighted by molar-refractivity contribution is 5.76. The summed E-state index contributed by atoms with van der Waals surface area (Å²) in [6.07, 6.45) is 5.01. The molecule has 2 aliphatic carbocycles. The van der Waals surface area contributed by atoms with Gasteiger partial charge >= 0.3 is 5.97 Å². The predicted molar refractivity (Wildman–Crippen MR) is 104 cm³/mol. The number of hydrogen-bond donors (Lipinski definition) is 0. The van der Waals surface area contributed by atoms with Gasteiger partial charge in [0.2, 0.25) is 0 Å². The summed E-state index contributed by atoms with van der Waals surface area (Å²) in [5, 5.41) is 0. The van der Waals surface area contributed by atoms with Gasteiger partial charge in [-0.05, 0) is 69.9 Å². The lowest BCUT2D eigenvalue weighted by Crippen LogP contribution is -2.51. The van der Waals surface area contributed by atoms with Crippen molar-refractivity contribution in [2.24, 2.45) is 11.3 Å². The molecule has 142 valence electrons. The lowest BCUT2D eigenvalue weighted by molar-refractivity contribution is -0.164. The van der Waals surface area contributed by atoms with Gasteiger partial charge in [0.05, 0.1) is 0 Å². The van der Waals surface area contributed by atoms with Gasteiger partial charge in [-0.2, -0.15) is 0 Å². The van der Waals surface area contributed by atoms with E-state index in [0.29, 0.717) is 16.9 Å². The molecule has 0 unspecified atom stereocenters. The fourth-order valence-electron chi connectivity index (χ4n) is 5.61.